The van der Waals surface area contributed by atoms with E-state index >= 15 is 0 Å². The molecule has 0 aliphatic heterocycles. The van der Waals surface area contributed by atoms with Crippen LogP contribution in [0.5, 0.6) is 0 Å². The van der Waals surface area contributed by atoms with Crippen molar-refractivity contribution < 1.29 is 19.2 Å². The highest BCUT2D eigenvalue weighted by Crippen LogP contribution is 2.27. The Hall–Kier alpha value is -3.55. The Balaban J connectivity index is 1.75. The summed E-state index contributed by atoms with van der Waals surface area (Å²) in [7, 11) is 0. The molecule has 0 aliphatic rings. The van der Waals surface area contributed by atoms with E-state index in [0.717, 1.165) is 40.7 Å². The molecule has 0 unspecified atom stereocenters. The van der Waals surface area contributed by atoms with E-state index in [1.165, 1.54) is 5.56 Å². The first-order chi connectivity index (χ1) is 16.7. The number of amides is 1. The number of hydrogen-bond donors (Lipinski definition) is 2. The van der Waals surface area contributed by atoms with E-state index in [1.54, 1.807) is 0 Å². The van der Waals surface area contributed by atoms with Gasteiger partial charge in [-0.15, -0.1) is 0 Å². The van der Waals surface area contributed by atoms with Gasteiger partial charge in [-0.2, -0.15) is 4.98 Å². The van der Waals surface area contributed by atoms with Gasteiger partial charge in [0.15, 0.2) is 0 Å². The molecule has 0 saturated carbocycles. The van der Waals surface area contributed by atoms with Gasteiger partial charge < -0.3 is 14.9 Å². The van der Waals surface area contributed by atoms with E-state index in [9.17, 15) is 9.59 Å². The number of carbonyl (C=O) groups is 2. The third-order valence-electron chi connectivity index (χ3n) is 5.96. The zero-order valence-electron chi connectivity index (χ0n) is 21.1. The Labute approximate surface area is 206 Å². The predicted molar refractivity (Wildman–Crippen MR) is 134 cm³/mol. The zero-order chi connectivity index (χ0) is 25.5. The number of hydrogen-bond acceptors (Lipinski definition) is 6. The Morgan fingerprint density at radius 1 is 1.09 bits per heavy atom. The summed E-state index contributed by atoms with van der Waals surface area (Å²) >= 11 is 0. The number of carboxylic acid groups (broad SMARTS) is 1. The van der Waals surface area contributed by atoms with Gasteiger partial charge in [-0.3, -0.25) is 14.6 Å². The van der Waals surface area contributed by atoms with Gasteiger partial charge in [-0.1, -0.05) is 25.9 Å². The number of rotatable bonds is 11. The van der Waals surface area contributed by atoms with Gasteiger partial charge in [0.1, 0.15) is 5.69 Å². The molecule has 0 saturated heterocycles. The summed E-state index contributed by atoms with van der Waals surface area (Å²) < 4.78 is 5.54. The first-order valence-electron chi connectivity index (χ1n) is 12.1. The van der Waals surface area contributed by atoms with Gasteiger partial charge >= 0.3 is 5.97 Å². The molecule has 0 radical (unpaired) electrons. The van der Waals surface area contributed by atoms with Crippen LogP contribution in [0.1, 0.15) is 61.4 Å². The molecule has 8 nitrogen and oxygen atoms in total. The Morgan fingerprint density at radius 2 is 1.86 bits per heavy atom. The summed E-state index contributed by atoms with van der Waals surface area (Å²) in [5.74, 6) is 0.366. The van der Waals surface area contributed by atoms with Crippen molar-refractivity contribution in [2.24, 2.45) is 5.92 Å². The minimum absolute atomic E-state index is 0.0798. The normalized spacial score (nSPS) is 11.1. The van der Waals surface area contributed by atoms with Crippen molar-refractivity contribution >= 4 is 11.9 Å². The number of nitrogens with one attached hydrogen (secondary N) is 1. The van der Waals surface area contributed by atoms with E-state index in [1.807, 2.05) is 31.3 Å². The monoisotopic (exact) mass is 478 g/mol. The molecule has 2 N–H and O–H groups in total. The number of pyridine rings is 1. The average Bonchev–Trinajstić information content (AvgIpc) is 3.29. The molecular formula is C27H34N4O4. The van der Waals surface area contributed by atoms with Crippen molar-refractivity contribution in [1.82, 2.24) is 20.4 Å². The molecule has 0 atom stereocenters. The maximum absolute atomic E-state index is 12.1. The first kappa shape index (κ1) is 26.1. The van der Waals surface area contributed by atoms with Crippen LogP contribution >= 0.6 is 0 Å². The lowest BCUT2D eigenvalue weighted by molar-refractivity contribution is -0.136. The summed E-state index contributed by atoms with van der Waals surface area (Å²) in [6.07, 6.45) is 4.47. The van der Waals surface area contributed by atoms with Gasteiger partial charge in [0.2, 0.25) is 11.7 Å². The Morgan fingerprint density at radius 3 is 2.51 bits per heavy atom. The Kier molecular flexibility index (Phi) is 8.73. The topological polar surface area (TPSA) is 118 Å². The number of aromatic nitrogens is 3. The van der Waals surface area contributed by atoms with Crippen molar-refractivity contribution in [3.63, 3.8) is 0 Å². The second-order valence-corrected chi connectivity index (χ2v) is 9.30. The highest BCUT2D eigenvalue weighted by atomic mass is 16.5. The van der Waals surface area contributed by atoms with Crippen molar-refractivity contribution in [1.29, 1.82) is 0 Å². The number of nitrogens with zero attached hydrogens (tertiary/aromatic N) is 3. The summed E-state index contributed by atoms with van der Waals surface area (Å²) in [6, 6.07) is 6.04. The smallest absolute Gasteiger partial charge is 0.305 e. The van der Waals surface area contributed by atoms with Crippen LogP contribution in [0.15, 0.2) is 28.9 Å². The summed E-state index contributed by atoms with van der Waals surface area (Å²) in [5, 5.41) is 15.6. The van der Waals surface area contributed by atoms with Crippen LogP contribution in [0.3, 0.4) is 0 Å². The lowest BCUT2D eigenvalue weighted by atomic mass is 9.93. The minimum atomic E-state index is -0.927. The lowest BCUT2D eigenvalue weighted by Gasteiger charge is -2.13. The number of carbonyl (C=O) groups excluding carboxylic acids is 1. The van der Waals surface area contributed by atoms with Crippen LogP contribution in [0, 0.1) is 19.8 Å². The van der Waals surface area contributed by atoms with Crippen molar-refractivity contribution in [3.8, 4) is 23.0 Å². The first-order valence-corrected chi connectivity index (χ1v) is 12.1. The van der Waals surface area contributed by atoms with Crippen LogP contribution < -0.4 is 5.32 Å². The number of benzene rings is 1. The van der Waals surface area contributed by atoms with Crippen LogP contribution in [0.4, 0.5) is 0 Å². The minimum Gasteiger partial charge on any atom is -0.481 e. The highest BCUT2D eigenvalue weighted by molar-refractivity contribution is 5.77. The SMILES string of the molecule is CCc1cc(-c2noc(-c3cc(C)c(CC(C)C)cn3)n2)cc(C)c1CCC(=O)NCCC(=O)O. The van der Waals surface area contributed by atoms with Crippen LogP contribution in [-0.4, -0.2) is 38.7 Å². The van der Waals surface area contributed by atoms with Crippen LogP contribution in [0.25, 0.3) is 23.0 Å². The predicted octanol–water partition coefficient (Wildman–Crippen LogP) is 4.70. The van der Waals surface area contributed by atoms with E-state index in [-0.39, 0.29) is 18.9 Å². The van der Waals surface area contributed by atoms with E-state index in [0.29, 0.717) is 36.2 Å². The summed E-state index contributed by atoms with van der Waals surface area (Å²) in [6.45, 7) is 10.7. The molecule has 8 heteroatoms. The molecule has 0 fully saturated rings. The standard InChI is InChI=1S/C27H34N4O4/c1-6-19-14-20(12-18(5)22(19)7-8-24(32)28-10-9-25(33)34)26-30-27(35-31-26)23-13-17(4)21(15-29-23)11-16(2)3/h12-16H,6-11H2,1-5H3,(H,28,32)(H,33,34). The number of aliphatic carboxylic acids is 1. The molecule has 0 spiro atoms. The lowest BCUT2D eigenvalue weighted by Crippen LogP contribution is -2.26. The van der Waals surface area contributed by atoms with E-state index in [2.05, 4.69) is 48.1 Å². The van der Waals surface area contributed by atoms with Gasteiger partial charge in [0, 0.05) is 24.7 Å². The molecule has 1 aromatic carbocycles. The average molecular weight is 479 g/mol. The van der Waals surface area contributed by atoms with E-state index < -0.39 is 5.97 Å². The summed E-state index contributed by atoms with van der Waals surface area (Å²) in [4.78, 5) is 31.8. The summed E-state index contributed by atoms with van der Waals surface area (Å²) in [5.41, 5.74) is 7.18. The molecule has 3 rings (SSSR count). The maximum atomic E-state index is 12.1. The molecule has 2 aromatic heterocycles. The fraction of sp³-hybridized carbons (Fsp3) is 0.444. The second-order valence-electron chi connectivity index (χ2n) is 9.30. The zero-order valence-corrected chi connectivity index (χ0v) is 21.1. The molecule has 0 bridgehead atoms. The van der Waals surface area contributed by atoms with Gasteiger partial charge in [0.05, 0.1) is 6.42 Å². The van der Waals surface area contributed by atoms with Crippen LogP contribution in [0.2, 0.25) is 0 Å². The number of aryl methyl sites for hydroxylation is 3. The largest absolute Gasteiger partial charge is 0.481 e. The number of carboxylic acids is 1. The quantitative estimate of drug-likeness (QED) is 0.410. The molecule has 0 aliphatic carbocycles. The van der Waals surface area contributed by atoms with E-state index in [4.69, 9.17) is 9.63 Å². The van der Waals surface area contributed by atoms with Gasteiger partial charge in [-0.25, -0.2) is 0 Å². The maximum Gasteiger partial charge on any atom is 0.305 e. The third-order valence-corrected chi connectivity index (χ3v) is 5.96. The van der Waals surface area contributed by atoms with Gasteiger partial charge in [0.25, 0.3) is 5.89 Å². The van der Waals surface area contributed by atoms with Gasteiger partial charge in [-0.05, 0) is 85.0 Å². The second kappa shape index (κ2) is 11.7. The fourth-order valence-electron chi connectivity index (χ4n) is 4.13. The molecule has 3 aromatic rings. The Bertz CT molecular complexity index is 1200. The van der Waals surface area contributed by atoms with Crippen molar-refractivity contribution in [2.75, 3.05) is 6.54 Å². The highest BCUT2D eigenvalue weighted by Gasteiger charge is 2.16. The van der Waals surface area contributed by atoms with Crippen molar-refractivity contribution in [2.45, 2.75) is 66.7 Å². The molecule has 35 heavy (non-hydrogen) atoms. The van der Waals surface area contributed by atoms with Crippen molar-refractivity contribution in [3.05, 3.63) is 52.2 Å². The molecular weight excluding hydrogens is 444 g/mol. The fourth-order valence-corrected chi connectivity index (χ4v) is 4.13. The van der Waals surface area contributed by atoms with Crippen LogP contribution in [-0.2, 0) is 28.9 Å². The third kappa shape index (κ3) is 6.97. The molecule has 2 heterocycles. The molecule has 1 amide bonds. The molecule has 186 valence electrons.